The van der Waals surface area contributed by atoms with Gasteiger partial charge in [-0.3, -0.25) is 9.47 Å². The minimum atomic E-state index is -0.512. The molecule has 1 atom stereocenters. The van der Waals surface area contributed by atoms with Crippen LogP contribution in [0.5, 0.6) is 17.5 Å². The Morgan fingerprint density at radius 3 is 2.42 bits per heavy atom. The topological polar surface area (TPSA) is 108 Å². The minimum absolute atomic E-state index is 0.199. The van der Waals surface area contributed by atoms with Gasteiger partial charge in [0.25, 0.3) is 0 Å². The zero-order valence-electron chi connectivity index (χ0n) is 22.1. The smallest absolute Gasteiger partial charge is 0.414 e. The van der Waals surface area contributed by atoms with E-state index in [1.807, 2.05) is 36.4 Å². The van der Waals surface area contributed by atoms with E-state index >= 15 is 0 Å². The summed E-state index contributed by atoms with van der Waals surface area (Å²) in [6, 6.07) is 20.4. The van der Waals surface area contributed by atoms with Crippen molar-refractivity contribution in [3.05, 3.63) is 94.6 Å². The van der Waals surface area contributed by atoms with Crippen LogP contribution >= 0.6 is 0 Å². The van der Waals surface area contributed by atoms with Gasteiger partial charge in [-0.1, -0.05) is 12.1 Å². The molecule has 208 valence electrons. The molecule has 1 fully saturated rings. The lowest BCUT2D eigenvalue weighted by atomic mass is 10.2. The average molecular weight is 546 g/mol. The highest BCUT2D eigenvalue weighted by Crippen LogP contribution is 2.26. The second kappa shape index (κ2) is 11.7. The van der Waals surface area contributed by atoms with Crippen LogP contribution in [0.3, 0.4) is 0 Å². The van der Waals surface area contributed by atoms with Crippen LogP contribution in [0.15, 0.2) is 77.5 Å². The van der Waals surface area contributed by atoms with Gasteiger partial charge in [-0.15, -0.1) is 0 Å². The number of piperazine rings is 1. The van der Waals surface area contributed by atoms with Gasteiger partial charge >= 0.3 is 11.8 Å². The maximum absolute atomic E-state index is 10.9. The molecule has 2 aliphatic heterocycles. The second-order valence-electron chi connectivity index (χ2n) is 9.94. The van der Waals surface area contributed by atoms with Crippen LogP contribution in [0, 0.1) is 10.1 Å². The predicted octanol–water partition coefficient (Wildman–Crippen LogP) is 4.52. The third kappa shape index (κ3) is 6.20. The number of hydrogen-bond acceptors (Lipinski definition) is 9. The molecule has 0 saturated carbocycles. The van der Waals surface area contributed by atoms with Gasteiger partial charge in [0.2, 0.25) is 0 Å². The highest BCUT2D eigenvalue weighted by Gasteiger charge is 2.28. The van der Waals surface area contributed by atoms with Gasteiger partial charge in [-0.2, -0.15) is 0 Å². The first-order valence-corrected chi connectivity index (χ1v) is 13.4. The third-order valence-electron chi connectivity index (χ3n) is 7.18. The molecule has 0 radical (unpaired) electrons. The molecule has 6 rings (SSSR count). The number of furan rings is 1. The lowest BCUT2D eigenvalue weighted by Crippen LogP contribution is -2.45. The number of aryl methyl sites for hydroxylation is 1. The van der Waals surface area contributed by atoms with Crippen LogP contribution in [0.25, 0.3) is 0 Å². The number of ether oxygens (including phenoxy) is 3. The van der Waals surface area contributed by atoms with E-state index in [1.54, 1.807) is 10.8 Å². The molecule has 0 N–H and O–H groups in total. The molecule has 1 unspecified atom stereocenters. The number of benzene rings is 2. The molecule has 2 aliphatic rings. The van der Waals surface area contributed by atoms with Gasteiger partial charge in [0.15, 0.2) is 0 Å². The standard InChI is InChI=1S/C29H31N5O6/c35-34(36)28-19-33-12-11-27(40-29(33)30-28)21-39-25-9-5-23(6-10-25)32-15-13-31(14-16-32)18-22-3-7-24(8-4-22)38-20-26-2-1-17-37-26/h1-10,17,19,27H,11-16,18,20-21H2. The maximum Gasteiger partial charge on any atom is 0.414 e. The summed E-state index contributed by atoms with van der Waals surface area (Å²) in [5, 5.41) is 10.9. The molecule has 0 spiro atoms. The molecule has 11 heteroatoms. The summed E-state index contributed by atoms with van der Waals surface area (Å²) < 4.78 is 24.5. The summed E-state index contributed by atoms with van der Waals surface area (Å²) in [7, 11) is 0. The Morgan fingerprint density at radius 2 is 1.70 bits per heavy atom. The molecule has 4 aromatic rings. The third-order valence-corrected chi connectivity index (χ3v) is 7.18. The number of fused-ring (bicyclic) bond motifs is 1. The summed E-state index contributed by atoms with van der Waals surface area (Å²) in [4.78, 5) is 19.2. The van der Waals surface area contributed by atoms with Gasteiger partial charge in [0.1, 0.15) is 42.8 Å². The van der Waals surface area contributed by atoms with Crippen molar-refractivity contribution in [2.75, 3.05) is 37.7 Å². The van der Waals surface area contributed by atoms with E-state index in [2.05, 4.69) is 39.0 Å². The SMILES string of the molecule is O=[N+]([O-])c1cn2c(n1)OC(COc1ccc(N3CCN(Cc4ccc(OCc5ccco5)cc4)CC3)cc1)CC2. The van der Waals surface area contributed by atoms with Crippen LogP contribution in [0.4, 0.5) is 11.5 Å². The molecule has 0 amide bonds. The monoisotopic (exact) mass is 545 g/mol. The Bertz CT molecular complexity index is 1400. The number of rotatable bonds is 10. The number of nitrogens with zero attached hydrogens (tertiary/aromatic N) is 5. The summed E-state index contributed by atoms with van der Waals surface area (Å²) >= 11 is 0. The second-order valence-corrected chi connectivity index (χ2v) is 9.94. The molecule has 2 aromatic carbocycles. The van der Waals surface area contributed by atoms with Crippen LogP contribution < -0.4 is 19.1 Å². The average Bonchev–Trinajstić information content (AvgIpc) is 3.67. The van der Waals surface area contributed by atoms with Gasteiger partial charge < -0.3 is 33.6 Å². The van der Waals surface area contributed by atoms with E-state index < -0.39 is 4.92 Å². The summed E-state index contributed by atoms with van der Waals surface area (Å²) in [6.07, 6.45) is 3.56. The maximum atomic E-state index is 10.9. The van der Waals surface area contributed by atoms with E-state index in [1.165, 1.54) is 17.4 Å². The normalized spacial score (nSPS) is 17.2. The van der Waals surface area contributed by atoms with Gasteiger partial charge in [0.05, 0.1) is 6.26 Å². The van der Waals surface area contributed by atoms with Gasteiger partial charge in [0, 0.05) is 56.4 Å². The van der Waals surface area contributed by atoms with Crippen molar-refractivity contribution in [3.63, 3.8) is 0 Å². The van der Waals surface area contributed by atoms with Crippen molar-refractivity contribution >= 4 is 11.5 Å². The summed E-state index contributed by atoms with van der Waals surface area (Å²) in [5.41, 5.74) is 2.44. The van der Waals surface area contributed by atoms with E-state index in [0.29, 0.717) is 26.2 Å². The predicted molar refractivity (Wildman–Crippen MR) is 147 cm³/mol. The number of aromatic nitrogens is 2. The van der Waals surface area contributed by atoms with Gasteiger partial charge in [-0.25, -0.2) is 0 Å². The van der Waals surface area contributed by atoms with E-state index in [-0.39, 0.29) is 17.9 Å². The molecule has 0 aliphatic carbocycles. The summed E-state index contributed by atoms with van der Waals surface area (Å²) in [6.45, 7) is 6.20. The van der Waals surface area contributed by atoms with Crippen LogP contribution in [-0.4, -0.2) is 58.3 Å². The van der Waals surface area contributed by atoms with Crippen LogP contribution in [-0.2, 0) is 19.7 Å². The Kier molecular flexibility index (Phi) is 7.53. The van der Waals surface area contributed by atoms with E-state index in [0.717, 1.165) is 50.0 Å². The molecule has 2 aromatic heterocycles. The Balaban J connectivity index is 0.930. The van der Waals surface area contributed by atoms with Crippen molar-refractivity contribution in [2.45, 2.75) is 32.2 Å². The van der Waals surface area contributed by atoms with E-state index in [9.17, 15) is 10.1 Å². The Hall–Kier alpha value is -4.51. The minimum Gasteiger partial charge on any atom is -0.490 e. The quantitative estimate of drug-likeness (QED) is 0.210. The van der Waals surface area contributed by atoms with Gasteiger partial charge in [-0.05, 0) is 59.0 Å². The van der Waals surface area contributed by atoms with Crippen molar-refractivity contribution < 1.29 is 23.6 Å². The number of anilines is 1. The van der Waals surface area contributed by atoms with Crippen LogP contribution in [0.1, 0.15) is 17.7 Å². The molecular formula is C29H31N5O6. The Labute approximate surface area is 231 Å². The first-order valence-electron chi connectivity index (χ1n) is 13.4. The molecule has 1 saturated heterocycles. The first-order chi connectivity index (χ1) is 19.6. The molecule has 40 heavy (non-hydrogen) atoms. The molecule has 4 heterocycles. The van der Waals surface area contributed by atoms with Crippen molar-refractivity contribution in [1.29, 1.82) is 0 Å². The first kappa shape index (κ1) is 25.8. The van der Waals surface area contributed by atoms with Crippen LogP contribution in [0.2, 0.25) is 0 Å². The molecule has 11 nitrogen and oxygen atoms in total. The lowest BCUT2D eigenvalue weighted by Gasteiger charge is -2.36. The van der Waals surface area contributed by atoms with E-state index in [4.69, 9.17) is 18.6 Å². The Morgan fingerprint density at radius 1 is 0.950 bits per heavy atom. The largest absolute Gasteiger partial charge is 0.490 e. The fourth-order valence-corrected chi connectivity index (χ4v) is 4.94. The molecular weight excluding hydrogens is 514 g/mol. The summed E-state index contributed by atoms with van der Waals surface area (Å²) in [5.74, 6) is 2.21. The zero-order chi connectivity index (χ0) is 27.3. The van der Waals surface area contributed by atoms with Crippen molar-refractivity contribution in [1.82, 2.24) is 14.5 Å². The van der Waals surface area contributed by atoms with Crippen molar-refractivity contribution in [2.24, 2.45) is 0 Å². The highest BCUT2D eigenvalue weighted by molar-refractivity contribution is 5.49. The highest BCUT2D eigenvalue weighted by atomic mass is 16.6. The number of hydrogen-bond donors (Lipinski definition) is 0. The lowest BCUT2D eigenvalue weighted by molar-refractivity contribution is -0.389. The molecule has 0 bridgehead atoms. The fraction of sp³-hybridized carbons (Fsp3) is 0.345. The van der Waals surface area contributed by atoms with Crippen molar-refractivity contribution in [3.8, 4) is 17.5 Å². The fourth-order valence-electron chi connectivity index (χ4n) is 4.94. The number of nitro groups is 1. The zero-order valence-corrected chi connectivity index (χ0v) is 22.1. The number of imidazole rings is 1.